The second-order valence-corrected chi connectivity index (χ2v) is 5.61. The molecule has 18 heavy (non-hydrogen) atoms. The van der Waals surface area contributed by atoms with Crippen LogP contribution in [0.3, 0.4) is 0 Å². The topological polar surface area (TPSA) is 15.3 Å². The Morgan fingerprint density at radius 1 is 1.33 bits per heavy atom. The van der Waals surface area contributed by atoms with Crippen molar-refractivity contribution in [3.8, 4) is 0 Å². The van der Waals surface area contributed by atoms with Gasteiger partial charge in [-0.25, -0.2) is 0 Å². The number of alkyl halides is 2. The van der Waals surface area contributed by atoms with Crippen LogP contribution in [0.1, 0.15) is 11.1 Å². The van der Waals surface area contributed by atoms with E-state index < -0.39 is 5.92 Å². The summed E-state index contributed by atoms with van der Waals surface area (Å²) in [4.78, 5) is 1.82. The third-order valence-electron chi connectivity index (χ3n) is 3.23. The molecule has 0 atom stereocenters. The first-order chi connectivity index (χ1) is 8.49. The largest absolute Gasteiger partial charge is 0.314 e. The smallest absolute Gasteiger partial charge is 0.285 e. The minimum absolute atomic E-state index is 0.121. The second-order valence-electron chi connectivity index (χ2n) is 4.69. The van der Waals surface area contributed by atoms with E-state index >= 15 is 0 Å². The summed E-state index contributed by atoms with van der Waals surface area (Å²) in [5.41, 5.74) is 0.758. The van der Waals surface area contributed by atoms with Gasteiger partial charge in [-0.15, -0.1) is 0 Å². The Labute approximate surface area is 114 Å². The molecule has 0 bridgehead atoms. The molecule has 0 saturated carbocycles. The molecule has 0 aromatic heterocycles. The number of halogens is 3. The summed E-state index contributed by atoms with van der Waals surface area (Å²) in [5, 5.41) is 3.17. The van der Waals surface area contributed by atoms with Crippen LogP contribution in [0.15, 0.2) is 22.7 Å². The van der Waals surface area contributed by atoms with E-state index in [1.165, 1.54) is 6.07 Å². The van der Waals surface area contributed by atoms with Gasteiger partial charge in [-0.05, 0) is 24.6 Å². The number of piperazine rings is 1. The van der Waals surface area contributed by atoms with E-state index in [0.29, 0.717) is 23.1 Å². The van der Waals surface area contributed by atoms with Crippen molar-refractivity contribution in [2.45, 2.75) is 12.8 Å². The van der Waals surface area contributed by atoms with Crippen LogP contribution in [-0.2, 0) is 5.92 Å². The number of hydrogen-bond acceptors (Lipinski definition) is 2. The van der Waals surface area contributed by atoms with Crippen LogP contribution in [-0.4, -0.2) is 37.6 Å². The highest BCUT2D eigenvalue weighted by Crippen LogP contribution is 2.33. The number of aryl methyl sites for hydroxylation is 1. The molecule has 100 valence electrons. The van der Waals surface area contributed by atoms with Gasteiger partial charge in [0.25, 0.3) is 5.92 Å². The summed E-state index contributed by atoms with van der Waals surface area (Å²) in [6, 6.07) is 5.04. The third-order valence-corrected chi connectivity index (χ3v) is 3.72. The molecule has 0 unspecified atom stereocenters. The van der Waals surface area contributed by atoms with Crippen molar-refractivity contribution in [3.63, 3.8) is 0 Å². The molecule has 5 heteroatoms. The van der Waals surface area contributed by atoms with Crippen LogP contribution in [0, 0.1) is 6.92 Å². The van der Waals surface area contributed by atoms with Gasteiger partial charge < -0.3 is 5.32 Å². The summed E-state index contributed by atoms with van der Waals surface area (Å²) >= 11 is 3.26. The van der Waals surface area contributed by atoms with Crippen LogP contribution in [0.5, 0.6) is 0 Å². The summed E-state index contributed by atoms with van der Waals surface area (Å²) in [6.07, 6.45) is 0. The molecule has 2 nitrogen and oxygen atoms in total. The molecule has 2 rings (SSSR count). The summed E-state index contributed by atoms with van der Waals surface area (Å²) in [7, 11) is 0. The van der Waals surface area contributed by atoms with Crippen molar-refractivity contribution in [2.24, 2.45) is 0 Å². The van der Waals surface area contributed by atoms with Crippen LogP contribution in [0.25, 0.3) is 0 Å². The van der Waals surface area contributed by atoms with Gasteiger partial charge in [0, 0.05) is 36.2 Å². The van der Waals surface area contributed by atoms with Gasteiger partial charge in [0.1, 0.15) is 0 Å². The number of nitrogens with zero attached hydrogens (tertiary/aromatic N) is 1. The predicted octanol–water partition coefficient (Wildman–Crippen LogP) is 2.75. The second kappa shape index (κ2) is 5.63. The van der Waals surface area contributed by atoms with Gasteiger partial charge in [-0.3, -0.25) is 4.90 Å². The average molecular weight is 319 g/mol. The van der Waals surface area contributed by atoms with Crippen molar-refractivity contribution in [1.82, 2.24) is 10.2 Å². The highest BCUT2D eigenvalue weighted by molar-refractivity contribution is 9.10. The highest BCUT2D eigenvalue weighted by atomic mass is 79.9. The van der Waals surface area contributed by atoms with Crippen LogP contribution >= 0.6 is 15.9 Å². The van der Waals surface area contributed by atoms with E-state index in [2.05, 4.69) is 21.2 Å². The third kappa shape index (κ3) is 3.28. The molecule has 1 fully saturated rings. The van der Waals surface area contributed by atoms with Crippen LogP contribution < -0.4 is 5.32 Å². The van der Waals surface area contributed by atoms with Gasteiger partial charge in [-0.1, -0.05) is 22.0 Å². The fourth-order valence-electron chi connectivity index (χ4n) is 2.22. The predicted molar refractivity (Wildman–Crippen MR) is 72.1 cm³/mol. The normalized spacial score (nSPS) is 18.0. The van der Waals surface area contributed by atoms with Crippen molar-refractivity contribution in [1.29, 1.82) is 0 Å². The van der Waals surface area contributed by atoms with E-state index in [-0.39, 0.29) is 12.1 Å². The standard InChI is InChI=1S/C13H17BrF2N2/c1-10-2-3-11(14)8-12(10)13(15,16)9-18-6-4-17-5-7-18/h2-3,8,17H,4-7,9H2,1H3. The van der Waals surface area contributed by atoms with Gasteiger partial charge >= 0.3 is 0 Å². The fraction of sp³-hybridized carbons (Fsp3) is 0.538. The monoisotopic (exact) mass is 318 g/mol. The molecule has 1 aromatic rings. The lowest BCUT2D eigenvalue weighted by atomic mass is 10.0. The van der Waals surface area contributed by atoms with Gasteiger partial charge in [0.15, 0.2) is 0 Å². The summed E-state index contributed by atoms with van der Waals surface area (Å²) < 4.78 is 29.3. The Morgan fingerprint density at radius 2 is 2.00 bits per heavy atom. The molecule has 0 radical (unpaired) electrons. The fourth-order valence-corrected chi connectivity index (χ4v) is 2.58. The zero-order chi connectivity index (χ0) is 13.2. The Kier molecular flexibility index (Phi) is 4.35. The lowest BCUT2D eigenvalue weighted by Gasteiger charge is -2.31. The van der Waals surface area contributed by atoms with E-state index in [9.17, 15) is 8.78 Å². The maximum Gasteiger partial charge on any atom is 0.285 e. The molecule has 0 spiro atoms. The van der Waals surface area contributed by atoms with Crippen LogP contribution in [0.2, 0.25) is 0 Å². The average Bonchev–Trinajstić information content (AvgIpc) is 2.33. The Bertz CT molecular complexity index is 417. The molecular weight excluding hydrogens is 302 g/mol. The Balaban J connectivity index is 2.15. The number of nitrogens with one attached hydrogen (secondary N) is 1. The van der Waals surface area contributed by atoms with Gasteiger partial charge in [0.05, 0.1) is 6.54 Å². The lowest BCUT2D eigenvalue weighted by Crippen LogP contribution is -2.47. The van der Waals surface area contributed by atoms with Crippen molar-refractivity contribution >= 4 is 15.9 Å². The van der Waals surface area contributed by atoms with E-state index in [4.69, 9.17) is 0 Å². The molecule has 1 saturated heterocycles. The van der Waals surface area contributed by atoms with Crippen LogP contribution in [0.4, 0.5) is 8.78 Å². The highest BCUT2D eigenvalue weighted by Gasteiger charge is 2.35. The van der Waals surface area contributed by atoms with Crippen molar-refractivity contribution in [2.75, 3.05) is 32.7 Å². The molecule has 1 heterocycles. The molecule has 0 aliphatic carbocycles. The molecule has 1 N–H and O–H groups in total. The minimum atomic E-state index is -2.80. The van der Waals surface area contributed by atoms with Crippen molar-refractivity contribution < 1.29 is 8.78 Å². The van der Waals surface area contributed by atoms with E-state index in [0.717, 1.165) is 13.1 Å². The zero-order valence-corrected chi connectivity index (χ0v) is 11.9. The Morgan fingerprint density at radius 3 is 2.67 bits per heavy atom. The molecule has 0 amide bonds. The SMILES string of the molecule is Cc1ccc(Br)cc1C(F)(F)CN1CCNCC1. The van der Waals surface area contributed by atoms with E-state index in [1.807, 2.05) is 4.90 Å². The first-order valence-corrected chi connectivity index (χ1v) is 6.86. The number of hydrogen-bond donors (Lipinski definition) is 1. The maximum atomic E-state index is 14.3. The maximum absolute atomic E-state index is 14.3. The summed E-state index contributed by atoms with van der Waals surface area (Å²) in [6.45, 7) is 4.46. The number of rotatable bonds is 3. The lowest BCUT2D eigenvalue weighted by molar-refractivity contribution is -0.0406. The quantitative estimate of drug-likeness (QED) is 0.922. The molecule has 1 aliphatic rings. The molecular formula is C13H17BrF2N2. The minimum Gasteiger partial charge on any atom is -0.314 e. The molecule has 1 aliphatic heterocycles. The molecule has 1 aromatic carbocycles. The number of benzene rings is 1. The zero-order valence-electron chi connectivity index (χ0n) is 10.3. The van der Waals surface area contributed by atoms with Gasteiger partial charge in [0.2, 0.25) is 0 Å². The first-order valence-electron chi connectivity index (χ1n) is 6.06. The Hall–Kier alpha value is -0.520. The van der Waals surface area contributed by atoms with Gasteiger partial charge in [-0.2, -0.15) is 8.78 Å². The van der Waals surface area contributed by atoms with Crippen molar-refractivity contribution in [3.05, 3.63) is 33.8 Å². The van der Waals surface area contributed by atoms with E-state index in [1.54, 1.807) is 19.1 Å². The summed E-state index contributed by atoms with van der Waals surface area (Å²) in [5.74, 6) is -2.80. The first kappa shape index (κ1) is 13.9.